The van der Waals surface area contributed by atoms with E-state index in [2.05, 4.69) is 5.32 Å². The van der Waals surface area contributed by atoms with Crippen LogP contribution >= 0.6 is 0 Å². The van der Waals surface area contributed by atoms with Gasteiger partial charge >= 0.3 is 0 Å². The van der Waals surface area contributed by atoms with E-state index in [1.807, 2.05) is 26.8 Å². The lowest BCUT2D eigenvalue weighted by Gasteiger charge is -2.33. The Kier molecular flexibility index (Phi) is 10.2. The topological polar surface area (TPSA) is 86.8 Å². The first kappa shape index (κ1) is 29.8. The molecule has 0 aliphatic carbocycles. The number of benzene rings is 3. The lowest BCUT2D eigenvalue weighted by atomic mass is 10.1. The Bertz CT molecular complexity index is 1360. The fourth-order valence-electron chi connectivity index (χ4n) is 4.18. The average molecular weight is 554 g/mol. The van der Waals surface area contributed by atoms with E-state index < -0.39 is 34.3 Å². The van der Waals surface area contributed by atoms with E-state index in [9.17, 15) is 22.4 Å². The van der Waals surface area contributed by atoms with Gasteiger partial charge in [0, 0.05) is 12.6 Å². The van der Waals surface area contributed by atoms with E-state index >= 15 is 0 Å². The number of carbonyl (C=O) groups excluding carboxylic acids is 2. The molecule has 2 atom stereocenters. The van der Waals surface area contributed by atoms with Gasteiger partial charge in [-0.25, -0.2) is 12.8 Å². The molecule has 9 heteroatoms. The lowest BCUT2D eigenvalue weighted by Crippen LogP contribution is -2.53. The van der Waals surface area contributed by atoms with E-state index in [-0.39, 0.29) is 23.4 Å². The summed E-state index contributed by atoms with van der Waals surface area (Å²) in [4.78, 5) is 28.7. The molecule has 0 aliphatic heterocycles. The number of rotatable bonds is 12. The van der Waals surface area contributed by atoms with Gasteiger partial charge in [-0.1, -0.05) is 56.3 Å². The number of anilines is 1. The van der Waals surface area contributed by atoms with Gasteiger partial charge in [0.25, 0.3) is 10.0 Å². The van der Waals surface area contributed by atoms with E-state index in [1.165, 1.54) is 29.2 Å². The molecular formula is C30H36FN3O4S. The zero-order valence-corrected chi connectivity index (χ0v) is 23.6. The first-order valence-corrected chi connectivity index (χ1v) is 14.5. The van der Waals surface area contributed by atoms with Gasteiger partial charge in [0.15, 0.2) is 0 Å². The summed E-state index contributed by atoms with van der Waals surface area (Å²) in [5, 5.41) is 2.93. The summed E-state index contributed by atoms with van der Waals surface area (Å²) >= 11 is 0. The largest absolute Gasteiger partial charge is 0.352 e. The molecule has 7 nitrogen and oxygen atoms in total. The van der Waals surface area contributed by atoms with Crippen molar-refractivity contribution in [2.75, 3.05) is 10.8 Å². The molecule has 0 saturated heterocycles. The number of hydrogen-bond acceptors (Lipinski definition) is 4. The van der Waals surface area contributed by atoms with Crippen molar-refractivity contribution in [1.82, 2.24) is 10.2 Å². The fraction of sp³-hybridized carbons (Fsp3) is 0.333. The molecule has 1 N–H and O–H groups in total. The Balaban J connectivity index is 2.04. The first-order valence-electron chi connectivity index (χ1n) is 13.1. The summed E-state index contributed by atoms with van der Waals surface area (Å²) in [6, 6.07) is 19.5. The Hall–Kier alpha value is -3.72. The first-order chi connectivity index (χ1) is 18.6. The van der Waals surface area contributed by atoms with Gasteiger partial charge in [0.2, 0.25) is 11.8 Å². The molecule has 2 amide bonds. The minimum atomic E-state index is -4.12. The van der Waals surface area contributed by atoms with Crippen molar-refractivity contribution in [3.63, 3.8) is 0 Å². The van der Waals surface area contributed by atoms with Gasteiger partial charge < -0.3 is 10.2 Å². The molecule has 2 unspecified atom stereocenters. The van der Waals surface area contributed by atoms with Crippen LogP contribution in [-0.4, -0.2) is 43.8 Å². The zero-order chi connectivity index (χ0) is 28.6. The Morgan fingerprint density at radius 2 is 1.59 bits per heavy atom. The summed E-state index contributed by atoms with van der Waals surface area (Å²) in [7, 11) is -4.12. The second kappa shape index (κ2) is 13.4. The van der Waals surface area contributed by atoms with Gasteiger partial charge in [-0.05, 0) is 74.2 Å². The fourth-order valence-corrected chi connectivity index (χ4v) is 5.61. The SMILES string of the molecule is CCC(C)NC(=O)C(CC)N(Cc1ccc(F)cc1)C(=O)CN(c1cccc(C)c1)S(=O)(=O)c1ccccc1. The van der Waals surface area contributed by atoms with Crippen molar-refractivity contribution in [2.45, 2.75) is 64.1 Å². The highest BCUT2D eigenvalue weighted by Gasteiger charge is 2.34. The molecule has 0 saturated carbocycles. The number of sulfonamides is 1. The van der Waals surface area contributed by atoms with Crippen LogP contribution in [0.2, 0.25) is 0 Å². The highest BCUT2D eigenvalue weighted by Crippen LogP contribution is 2.25. The number of nitrogens with one attached hydrogen (secondary N) is 1. The maximum atomic E-state index is 14.0. The third-order valence-corrected chi connectivity index (χ3v) is 8.34. The maximum Gasteiger partial charge on any atom is 0.264 e. The molecule has 0 fully saturated rings. The second-order valence-corrected chi connectivity index (χ2v) is 11.4. The quantitative estimate of drug-likeness (QED) is 0.340. The molecule has 3 aromatic carbocycles. The predicted octanol–water partition coefficient (Wildman–Crippen LogP) is 5.05. The zero-order valence-electron chi connectivity index (χ0n) is 22.8. The van der Waals surface area contributed by atoms with Crippen molar-refractivity contribution in [1.29, 1.82) is 0 Å². The second-order valence-electron chi connectivity index (χ2n) is 9.55. The molecular weight excluding hydrogens is 517 g/mol. The number of halogens is 1. The molecule has 0 radical (unpaired) electrons. The van der Waals surface area contributed by atoms with Crippen LogP contribution in [0.1, 0.15) is 44.7 Å². The van der Waals surface area contributed by atoms with Crippen LogP contribution in [0.3, 0.4) is 0 Å². The molecule has 208 valence electrons. The van der Waals surface area contributed by atoms with Gasteiger partial charge in [0.1, 0.15) is 18.4 Å². The Labute approximate surface area is 230 Å². The lowest BCUT2D eigenvalue weighted by molar-refractivity contribution is -0.140. The number of carbonyl (C=O) groups is 2. The molecule has 0 bridgehead atoms. The minimum absolute atomic E-state index is 0.0125. The van der Waals surface area contributed by atoms with Crippen molar-refractivity contribution < 1.29 is 22.4 Å². The van der Waals surface area contributed by atoms with Crippen LogP contribution in [0, 0.1) is 12.7 Å². The van der Waals surface area contributed by atoms with Gasteiger partial charge in [-0.2, -0.15) is 0 Å². The summed E-state index contributed by atoms with van der Waals surface area (Å²) in [5.74, 6) is -1.29. The Morgan fingerprint density at radius 3 is 2.18 bits per heavy atom. The van der Waals surface area contributed by atoms with Crippen LogP contribution in [0.15, 0.2) is 83.8 Å². The van der Waals surface area contributed by atoms with Crippen LogP contribution in [0.4, 0.5) is 10.1 Å². The number of aryl methyl sites for hydroxylation is 1. The standard InChI is InChI=1S/C30H36FN3O4S/c1-5-23(4)32-30(36)28(6-2)33(20-24-15-17-25(31)18-16-24)29(35)21-34(26-12-10-11-22(3)19-26)39(37,38)27-13-8-7-9-14-27/h7-19,23,28H,5-6,20-21H2,1-4H3,(H,32,36). The monoisotopic (exact) mass is 553 g/mol. The van der Waals surface area contributed by atoms with Crippen molar-refractivity contribution in [3.8, 4) is 0 Å². The molecule has 3 rings (SSSR count). The smallest absolute Gasteiger partial charge is 0.264 e. The van der Waals surface area contributed by atoms with E-state index in [1.54, 1.807) is 55.5 Å². The van der Waals surface area contributed by atoms with Gasteiger partial charge in [-0.15, -0.1) is 0 Å². The third-order valence-electron chi connectivity index (χ3n) is 6.55. The minimum Gasteiger partial charge on any atom is -0.352 e. The highest BCUT2D eigenvalue weighted by atomic mass is 32.2. The summed E-state index contributed by atoms with van der Waals surface area (Å²) < 4.78 is 42.2. The molecule has 0 heterocycles. The maximum absolute atomic E-state index is 14.0. The van der Waals surface area contributed by atoms with Crippen molar-refractivity contribution in [3.05, 3.63) is 95.8 Å². The van der Waals surface area contributed by atoms with Crippen LogP contribution < -0.4 is 9.62 Å². The Morgan fingerprint density at radius 1 is 0.923 bits per heavy atom. The summed E-state index contributed by atoms with van der Waals surface area (Å²) in [5.41, 5.74) is 1.79. The van der Waals surface area contributed by atoms with E-state index in [0.29, 0.717) is 24.1 Å². The van der Waals surface area contributed by atoms with Crippen molar-refractivity contribution in [2.24, 2.45) is 0 Å². The summed E-state index contributed by atoms with van der Waals surface area (Å²) in [6.45, 7) is 6.95. The molecule has 0 aliphatic rings. The molecule has 0 spiro atoms. The number of nitrogens with zero attached hydrogens (tertiary/aromatic N) is 2. The van der Waals surface area contributed by atoms with Gasteiger partial charge in [0.05, 0.1) is 10.6 Å². The van der Waals surface area contributed by atoms with Crippen LogP contribution in [0.5, 0.6) is 0 Å². The van der Waals surface area contributed by atoms with E-state index in [4.69, 9.17) is 0 Å². The number of hydrogen-bond donors (Lipinski definition) is 1. The number of amides is 2. The molecule has 39 heavy (non-hydrogen) atoms. The summed E-state index contributed by atoms with van der Waals surface area (Å²) in [6.07, 6.45) is 1.02. The predicted molar refractivity (Wildman–Crippen MR) is 151 cm³/mol. The average Bonchev–Trinajstić information content (AvgIpc) is 2.92. The van der Waals surface area contributed by atoms with E-state index in [0.717, 1.165) is 9.87 Å². The normalized spacial score (nSPS) is 12.8. The molecule has 0 aromatic heterocycles. The van der Waals surface area contributed by atoms with Crippen LogP contribution in [0.25, 0.3) is 0 Å². The molecule has 3 aromatic rings. The van der Waals surface area contributed by atoms with Crippen molar-refractivity contribution >= 4 is 27.5 Å². The van der Waals surface area contributed by atoms with Gasteiger partial charge in [-0.3, -0.25) is 13.9 Å². The van der Waals surface area contributed by atoms with Crippen LogP contribution in [-0.2, 0) is 26.2 Å². The third kappa shape index (κ3) is 7.66. The highest BCUT2D eigenvalue weighted by molar-refractivity contribution is 7.92.